The predicted molar refractivity (Wildman–Crippen MR) is 89.3 cm³/mol. The molecule has 0 saturated carbocycles. The summed E-state index contributed by atoms with van der Waals surface area (Å²) in [6.07, 6.45) is 1.60. The van der Waals surface area contributed by atoms with Crippen LogP contribution < -0.4 is 25.9 Å². The summed E-state index contributed by atoms with van der Waals surface area (Å²) in [5.74, 6) is 0.421. The molecule has 120 valence electrons. The zero-order valence-electron chi connectivity index (χ0n) is 12.6. The van der Waals surface area contributed by atoms with Crippen LogP contribution in [0.2, 0.25) is 0 Å². The van der Waals surface area contributed by atoms with Gasteiger partial charge in [0.25, 0.3) is 5.91 Å². The molecular formula is C14H20N4O3S. The first-order chi connectivity index (χ1) is 10.6. The molecule has 7 nitrogen and oxygen atoms in total. The van der Waals surface area contributed by atoms with Crippen molar-refractivity contribution in [1.29, 1.82) is 0 Å². The molecule has 0 aliphatic heterocycles. The second-order valence-electron chi connectivity index (χ2n) is 4.12. The van der Waals surface area contributed by atoms with Crippen LogP contribution in [0, 0.1) is 0 Å². The van der Waals surface area contributed by atoms with Crippen LogP contribution in [0.4, 0.5) is 0 Å². The Morgan fingerprint density at radius 2 is 2.14 bits per heavy atom. The van der Waals surface area contributed by atoms with Gasteiger partial charge in [0, 0.05) is 6.54 Å². The Hall–Kier alpha value is -2.35. The minimum absolute atomic E-state index is 0.202. The minimum atomic E-state index is -0.547. The molecule has 4 N–H and O–H groups in total. The van der Waals surface area contributed by atoms with E-state index >= 15 is 0 Å². The molecule has 0 bridgehead atoms. The normalized spacial score (nSPS) is 10.3. The Morgan fingerprint density at radius 1 is 1.36 bits per heavy atom. The van der Waals surface area contributed by atoms with Crippen LogP contribution in [-0.2, 0) is 4.79 Å². The summed E-state index contributed by atoms with van der Waals surface area (Å²) in [5.41, 5.74) is 8.55. The van der Waals surface area contributed by atoms with Gasteiger partial charge in [0.2, 0.25) is 0 Å². The third kappa shape index (κ3) is 6.40. The summed E-state index contributed by atoms with van der Waals surface area (Å²) in [7, 11) is 0. The lowest BCUT2D eigenvalue weighted by atomic mass is 10.2. The van der Waals surface area contributed by atoms with Crippen molar-refractivity contribution < 1.29 is 14.3 Å². The fourth-order valence-corrected chi connectivity index (χ4v) is 1.70. The molecule has 1 aromatic carbocycles. The summed E-state index contributed by atoms with van der Waals surface area (Å²) < 4.78 is 10.8. The number of nitrogens with two attached hydrogens (primary N) is 1. The average Bonchev–Trinajstić information content (AvgIpc) is 2.47. The third-order valence-electron chi connectivity index (χ3n) is 2.35. The average molecular weight is 324 g/mol. The molecule has 0 unspecified atom stereocenters. The first-order valence-electron chi connectivity index (χ1n) is 6.81. The van der Waals surface area contributed by atoms with E-state index in [2.05, 4.69) is 15.8 Å². The van der Waals surface area contributed by atoms with Crippen LogP contribution in [0.25, 0.3) is 0 Å². The Labute approximate surface area is 134 Å². The smallest absolute Gasteiger partial charge is 0.255 e. The maximum Gasteiger partial charge on any atom is 0.255 e. The topological polar surface area (TPSA) is 98.0 Å². The number of benzene rings is 1. The zero-order valence-corrected chi connectivity index (χ0v) is 13.4. The van der Waals surface area contributed by atoms with Gasteiger partial charge in [0.05, 0.1) is 12.8 Å². The summed E-state index contributed by atoms with van der Waals surface area (Å²) in [5, 5.41) is 7.38. The Balaban J connectivity index is 2.76. The number of carbonyl (C=O) groups excluding carboxylic acids is 1. The van der Waals surface area contributed by atoms with Gasteiger partial charge in [-0.1, -0.05) is 0 Å². The van der Waals surface area contributed by atoms with E-state index in [1.54, 1.807) is 24.4 Å². The van der Waals surface area contributed by atoms with E-state index in [4.69, 9.17) is 27.4 Å². The number of carbonyl (C=O) groups is 1. The quantitative estimate of drug-likeness (QED) is 0.371. The van der Waals surface area contributed by atoms with Crippen LogP contribution >= 0.6 is 12.2 Å². The number of thiocarbonyl (C=S) groups is 1. The lowest BCUT2D eigenvalue weighted by molar-refractivity contribution is -0.119. The van der Waals surface area contributed by atoms with Gasteiger partial charge < -0.3 is 20.5 Å². The van der Waals surface area contributed by atoms with Crippen LogP contribution in [0.15, 0.2) is 23.3 Å². The number of hydrogen-bond donors (Lipinski definition) is 3. The highest BCUT2D eigenvalue weighted by Gasteiger charge is 2.07. The van der Waals surface area contributed by atoms with Gasteiger partial charge in [-0.25, -0.2) is 0 Å². The summed E-state index contributed by atoms with van der Waals surface area (Å²) in [4.78, 5) is 10.8. The van der Waals surface area contributed by atoms with Crippen LogP contribution in [0.5, 0.6) is 11.5 Å². The summed E-state index contributed by atoms with van der Waals surface area (Å²) >= 11 is 4.99. The van der Waals surface area contributed by atoms with Gasteiger partial charge >= 0.3 is 0 Å². The van der Waals surface area contributed by atoms with Crippen molar-refractivity contribution in [2.75, 3.05) is 19.8 Å². The van der Waals surface area contributed by atoms with E-state index in [9.17, 15) is 4.79 Å². The zero-order chi connectivity index (χ0) is 16.4. The predicted octanol–water partition coefficient (Wildman–Crippen LogP) is 0.767. The van der Waals surface area contributed by atoms with E-state index in [0.29, 0.717) is 23.2 Å². The molecule has 0 atom stereocenters. The molecule has 8 heteroatoms. The number of nitrogens with one attached hydrogen (secondary N) is 2. The fourth-order valence-electron chi connectivity index (χ4n) is 1.51. The van der Waals surface area contributed by atoms with E-state index in [1.165, 1.54) is 0 Å². The van der Waals surface area contributed by atoms with Crippen molar-refractivity contribution >= 4 is 29.5 Å². The maximum absolute atomic E-state index is 10.8. The van der Waals surface area contributed by atoms with Gasteiger partial charge in [-0.3, -0.25) is 10.2 Å². The lowest BCUT2D eigenvalue weighted by Gasteiger charge is -2.11. The standard InChI is InChI=1S/C14H20N4O3S/c1-3-16-14(22)18-17-8-10-5-6-11(21-9-13(15)19)12(7-10)20-4-2/h5-8H,3-4,9H2,1-2H3,(H2,15,19)(H2,16,18,22)/b17-8+. The van der Waals surface area contributed by atoms with Crippen LogP contribution in [-0.4, -0.2) is 37.0 Å². The molecule has 1 amide bonds. The number of hydrazone groups is 1. The van der Waals surface area contributed by atoms with Crippen molar-refractivity contribution in [3.63, 3.8) is 0 Å². The highest BCUT2D eigenvalue weighted by molar-refractivity contribution is 7.80. The summed E-state index contributed by atoms with van der Waals surface area (Å²) in [6.45, 7) is 4.79. The first-order valence-corrected chi connectivity index (χ1v) is 7.22. The van der Waals surface area contributed by atoms with Crippen molar-refractivity contribution in [2.45, 2.75) is 13.8 Å². The van der Waals surface area contributed by atoms with Crippen molar-refractivity contribution in [3.05, 3.63) is 23.8 Å². The molecule has 22 heavy (non-hydrogen) atoms. The number of nitrogens with zero attached hydrogens (tertiary/aromatic N) is 1. The van der Waals surface area contributed by atoms with Crippen molar-refractivity contribution in [3.8, 4) is 11.5 Å². The molecule has 0 radical (unpaired) electrons. The molecule has 0 heterocycles. The molecule has 0 spiro atoms. The molecule has 0 aliphatic carbocycles. The molecule has 0 saturated heterocycles. The summed E-state index contributed by atoms with van der Waals surface area (Å²) in [6, 6.07) is 5.22. The second kappa shape index (κ2) is 9.56. The molecule has 1 rings (SSSR count). The minimum Gasteiger partial charge on any atom is -0.490 e. The SMILES string of the molecule is CCNC(=S)N/N=C/c1ccc(OCC(N)=O)c(OCC)c1. The van der Waals surface area contributed by atoms with Crippen LogP contribution in [0.1, 0.15) is 19.4 Å². The number of hydrogen-bond acceptors (Lipinski definition) is 5. The Kier molecular flexibility index (Phi) is 7.69. The number of ether oxygens (including phenoxy) is 2. The van der Waals surface area contributed by atoms with Crippen LogP contribution in [0.3, 0.4) is 0 Å². The fraction of sp³-hybridized carbons (Fsp3) is 0.357. The van der Waals surface area contributed by atoms with Crippen molar-refractivity contribution in [2.24, 2.45) is 10.8 Å². The van der Waals surface area contributed by atoms with Gasteiger partial charge in [0.15, 0.2) is 23.2 Å². The van der Waals surface area contributed by atoms with Gasteiger partial charge in [-0.2, -0.15) is 5.10 Å². The highest BCUT2D eigenvalue weighted by Crippen LogP contribution is 2.27. The third-order valence-corrected chi connectivity index (χ3v) is 2.59. The van der Waals surface area contributed by atoms with E-state index < -0.39 is 5.91 Å². The Bertz CT molecular complexity index is 549. The van der Waals surface area contributed by atoms with E-state index in [-0.39, 0.29) is 6.61 Å². The number of amides is 1. The van der Waals surface area contributed by atoms with E-state index in [0.717, 1.165) is 12.1 Å². The monoisotopic (exact) mass is 324 g/mol. The molecule has 0 aliphatic rings. The lowest BCUT2D eigenvalue weighted by Crippen LogP contribution is -2.31. The van der Waals surface area contributed by atoms with Gasteiger partial charge in [-0.15, -0.1) is 0 Å². The molecule has 0 fully saturated rings. The van der Waals surface area contributed by atoms with Crippen molar-refractivity contribution in [1.82, 2.24) is 10.7 Å². The molecule has 0 aromatic heterocycles. The largest absolute Gasteiger partial charge is 0.490 e. The van der Waals surface area contributed by atoms with Gasteiger partial charge in [0.1, 0.15) is 0 Å². The number of rotatable bonds is 8. The maximum atomic E-state index is 10.8. The highest BCUT2D eigenvalue weighted by atomic mass is 32.1. The molecular weight excluding hydrogens is 304 g/mol. The Morgan fingerprint density at radius 3 is 2.77 bits per heavy atom. The second-order valence-corrected chi connectivity index (χ2v) is 4.53. The van der Waals surface area contributed by atoms with Gasteiger partial charge in [-0.05, 0) is 49.8 Å². The van der Waals surface area contributed by atoms with E-state index in [1.807, 2.05) is 13.8 Å². The number of primary amides is 1. The first kappa shape index (κ1) is 17.7. The molecule has 1 aromatic rings.